The number of benzene rings is 1. The first-order valence-corrected chi connectivity index (χ1v) is 7.67. The number of hydrogen-bond acceptors (Lipinski definition) is 4. The van der Waals surface area contributed by atoms with Crippen molar-refractivity contribution in [2.24, 2.45) is 17.0 Å². The normalized spacial score (nSPS) is 23.0. The number of rotatable bonds is 7. The summed E-state index contributed by atoms with van der Waals surface area (Å²) in [5, 5.41) is 13.2. The van der Waals surface area contributed by atoms with E-state index in [9.17, 15) is 0 Å². The number of hydrogen-bond donors (Lipinski definition) is 1. The summed E-state index contributed by atoms with van der Waals surface area (Å²) >= 11 is 0. The Kier molecular flexibility index (Phi) is 6.70. The lowest BCUT2D eigenvalue weighted by Gasteiger charge is -2.27. The van der Waals surface area contributed by atoms with Gasteiger partial charge >= 0.3 is 0 Å². The van der Waals surface area contributed by atoms with Crippen molar-refractivity contribution < 1.29 is 14.7 Å². The molecule has 0 bridgehead atoms. The zero-order valence-corrected chi connectivity index (χ0v) is 12.7. The van der Waals surface area contributed by atoms with Gasteiger partial charge in [-0.25, -0.2) is 0 Å². The second-order valence-electron chi connectivity index (χ2n) is 5.67. The topological polar surface area (TPSA) is 51.0 Å². The summed E-state index contributed by atoms with van der Waals surface area (Å²) < 4.78 is 5.84. The summed E-state index contributed by atoms with van der Waals surface area (Å²) in [6, 6.07) is 9.96. The van der Waals surface area contributed by atoms with E-state index >= 15 is 0 Å². The van der Waals surface area contributed by atoms with Crippen molar-refractivity contribution in [3.63, 3.8) is 0 Å². The molecule has 21 heavy (non-hydrogen) atoms. The molecule has 0 atom stereocenters. The van der Waals surface area contributed by atoms with Crippen LogP contribution in [0.3, 0.4) is 0 Å². The molecule has 0 spiro atoms. The first-order chi connectivity index (χ1) is 10.3. The fraction of sp³-hybridized carbons (Fsp3) is 0.588. The molecule has 1 aliphatic rings. The van der Waals surface area contributed by atoms with Crippen molar-refractivity contribution in [1.82, 2.24) is 0 Å². The van der Waals surface area contributed by atoms with E-state index in [1.165, 1.54) is 0 Å². The molecule has 0 unspecified atom stereocenters. The van der Waals surface area contributed by atoms with Crippen LogP contribution >= 0.6 is 0 Å². The van der Waals surface area contributed by atoms with Gasteiger partial charge < -0.3 is 14.7 Å². The van der Waals surface area contributed by atoms with Crippen molar-refractivity contribution in [2.45, 2.75) is 25.7 Å². The zero-order valence-electron chi connectivity index (χ0n) is 12.7. The Balaban J connectivity index is 1.77. The van der Waals surface area contributed by atoms with Crippen LogP contribution in [0.5, 0.6) is 0 Å². The van der Waals surface area contributed by atoms with E-state index in [4.69, 9.17) is 14.7 Å². The monoisotopic (exact) mass is 291 g/mol. The summed E-state index contributed by atoms with van der Waals surface area (Å²) in [5.74, 6) is 1.10. The smallest absolute Gasteiger partial charge is 0.113 e. The van der Waals surface area contributed by atoms with Gasteiger partial charge in [0.05, 0.1) is 6.61 Å². The molecular formula is C17H25NO3. The highest BCUT2D eigenvalue weighted by molar-refractivity contribution is 6.01. The van der Waals surface area contributed by atoms with E-state index in [1.807, 2.05) is 30.3 Å². The Morgan fingerprint density at radius 1 is 1.14 bits per heavy atom. The number of oxime groups is 1. The minimum absolute atomic E-state index is 0.326. The largest absolute Gasteiger partial charge is 0.399 e. The Bertz CT molecular complexity index is 425. The molecule has 116 valence electrons. The molecule has 4 heteroatoms. The molecule has 0 aliphatic heterocycles. The van der Waals surface area contributed by atoms with Crippen LogP contribution < -0.4 is 0 Å². The zero-order chi connectivity index (χ0) is 14.9. The molecule has 0 amide bonds. The van der Waals surface area contributed by atoms with Gasteiger partial charge in [0.25, 0.3) is 0 Å². The van der Waals surface area contributed by atoms with E-state index in [0.717, 1.165) is 43.6 Å². The van der Waals surface area contributed by atoms with Crippen LogP contribution in [0, 0.1) is 11.8 Å². The minimum atomic E-state index is 0.326. The molecule has 1 N–H and O–H groups in total. The van der Waals surface area contributed by atoms with Gasteiger partial charge in [0.1, 0.15) is 12.8 Å². The first-order valence-electron chi connectivity index (χ1n) is 7.67. The van der Waals surface area contributed by atoms with Gasteiger partial charge in [-0.2, -0.15) is 0 Å². The van der Waals surface area contributed by atoms with Crippen LogP contribution in [0.1, 0.15) is 31.2 Å². The third-order valence-electron chi connectivity index (χ3n) is 4.13. The highest BCUT2D eigenvalue weighted by Crippen LogP contribution is 2.28. The maximum atomic E-state index is 9.15. The van der Waals surface area contributed by atoms with Crippen LogP contribution in [0.2, 0.25) is 0 Å². The van der Waals surface area contributed by atoms with E-state index in [1.54, 1.807) is 7.11 Å². The van der Waals surface area contributed by atoms with Crippen LogP contribution in [0.25, 0.3) is 0 Å². The number of aliphatic hydroxyl groups excluding tert-OH is 1. The third kappa shape index (κ3) is 5.14. The van der Waals surface area contributed by atoms with Gasteiger partial charge in [0.15, 0.2) is 0 Å². The molecule has 1 fully saturated rings. The fourth-order valence-electron chi connectivity index (χ4n) is 2.81. The average molecular weight is 291 g/mol. The fourth-order valence-corrected chi connectivity index (χ4v) is 2.81. The highest BCUT2D eigenvalue weighted by atomic mass is 16.6. The maximum absolute atomic E-state index is 9.15. The molecule has 0 radical (unpaired) electrons. The van der Waals surface area contributed by atoms with E-state index in [-0.39, 0.29) is 0 Å². The lowest BCUT2D eigenvalue weighted by molar-refractivity contribution is 0.0881. The van der Waals surface area contributed by atoms with Gasteiger partial charge in [-0.1, -0.05) is 35.5 Å². The Hall–Kier alpha value is -1.39. The molecular weight excluding hydrogens is 266 g/mol. The lowest BCUT2D eigenvalue weighted by atomic mass is 9.83. The summed E-state index contributed by atoms with van der Waals surface area (Å²) in [6.45, 7) is 1.55. The molecule has 0 saturated heterocycles. The Morgan fingerprint density at radius 3 is 2.43 bits per heavy atom. The van der Waals surface area contributed by atoms with Gasteiger partial charge in [0.2, 0.25) is 0 Å². The van der Waals surface area contributed by atoms with E-state index in [2.05, 4.69) is 5.16 Å². The van der Waals surface area contributed by atoms with Gasteiger partial charge in [0, 0.05) is 18.8 Å². The average Bonchev–Trinajstić information content (AvgIpc) is 2.55. The van der Waals surface area contributed by atoms with Gasteiger partial charge in [-0.05, 0) is 37.5 Å². The lowest BCUT2D eigenvalue weighted by Crippen LogP contribution is -2.22. The van der Waals surface area contributed by atoms with Crippen LogP contribution in [0.4, 0.5) is 0 Å². The quantitative estimate of drug-likeness (QED) is 0.621. The van der Waals surface area contributed by atoms with Crippen molar-refractivity contribution >= 4 is 5.71 Å². The van der Waals surface area contributed by atoms with Gasteiger partial charge in [-0.15, -0.1) is 0 Å². The van der Waals surface area contributed by atoms with E-state index in [0.29, 0.717) is 25.0 Å². The predicted octanol–water partition coefficient (Wildman–Crippen LogP) is 2.85. The molecule has 1 aromatic rings. The number of ether oxygens (including phenoxy) is 1. The molecule has 2 rings (SSSR count). The molecule has 4 nitrogen and oxygen atoms in total. The number of nitrogens with zero attached hydrogens (tertiary/aromatic N) is 1. The summed E-state index contributed by atoms with van der Waals surface area (Å²) in [4.78, 5) is 4.91. The third-order valence-corrected chi connectivity index (χ3v) is 4.13. The minimum Gasteiger partial charge on any atom is -0.399 e. The Labute approximate surface area is 126 Å². The number of aliphatic hydroxyl groups is 1. The SMILES string of the molecule is CON=C(COCC1CCC(CO)CC1)c1ccccc1. The van der Waals surface area contributed by atoms with E-state index < -0.39 is 0 Å². The van der Waals surface area contributed by atoms with Crippen molar-refractivity contribution in [1.29, 1.82) is 0 Å². The molecule has 1 aromatic carbocycles. The van der Waals surface area contributed by atoms with Crippen LogP contribution in [0.15, 0.2) is 35.5 Å². The standard InChI is InChI=1S/C17H25NO3/c1-20-18-17(16-5-3-2-4-6-16)13-21-12-15-9-7-14(11-19)8-10-15/h2-6,14-15,19H,7-13H2,1H3. The molecule has 0 aromatic heterocycles. The predicted molar refractivity (Wildman–Crippen MR) is 83.3 cm³/mol. The Morgan fingerprint density at radius 2 is 1.81 bits per heavy atom. The van der Waals surface area contributed by atoms with Crippen LogP contribution in [-0.2, 0) is 9.57 Å². The van der Waals surface area contributed by atoms with Crippen molar-refractivity contribution in [3.8, 4) is 0 Å². The summed E-state index contributed by atoms with van der Waals surface area (Å²) in [7, 11) is 1.55. The van der Waals surface area contributed by atoms with Gasteiger partial charge in [-0.3, -0.25) is 0 Å². The molecule has 1 aliphatic carbocycles. The molecule has 1 saturated carbocycles. The van der Waals surface area contributed by atoms with Crippen LogP contribution in [-0.4, -0.2) is 37.7 Å². The maximum Gasteiger partial charge on any atom is 0.113 e. The summed E-state index contributed by atoms with van der Waals surface area (Å²) in [5.41, 5.74) is 1.85. The second-order valence-corrected chi connectivity index (χ2v) is 5.67. The summed E-state index contributed by atoms with van der Waals surface area (Å²) in [6.07, 6.45) is 4.52. The van der Waals surface area contributed by atoms with Crippen molar-refractivity contribution in [2.75, 3.05) is 26.9 Å². The van der Waals surface area contributed by atoms with Crippen molar-refractivity contribution in [3.05, 3.63) is 35.9 Å². The molecule has 0 heterocycles. The first kappa shape index (κ1) is 16.0. The second kappa shape index (κ2) is 8.80. The highest BCUT2D eigenvalue weighted by Gasteiger charge is 2.20.